The van der Waals surface area contributed by atoms with E-state index < -0.39 is 0 Å². The molecule has 84 valence electrons. The summed E-state index contributed by atoms with van der Waals surface area (Å²) in [6.45, 7) is 1.97. The summed E-state index contributed by atoms with van der Waals surface area (Å²) in [5.41, 5.74) is 2.76. The second kappa shape index (κ2) is 3.82. The van der Waals surface area contributed by atoms with Crippen molar-refractivity contribution in [2.45, 2.75) is 6.92 Å². The third-order valence-corrected chi connectivity index (χ3v) is 2.77. The van der Waals surface area contributed by atoms with Crippen LogP contribution in [-0.2, 0) is 0 Å². The van der Waals surface area contributed by atoms with E-state index in [-0.39, 0.29) is 5.28 Å². The molecule has 0 bridgehead atoms. The third-order valence-electron chi connectivity index (χ3n) is 2.59. The van der Waals surface area contributed by atoms with Crippen molar-refractivity contribution >= 4 is 17.1 Å². The van der Waals surface area contributed by atoms with Crippen LogP contribution in [0.2, 0.25) is 5.28 Å². The molecule has 0 aliphatic heterocycles. The zero-order valence-electron chi connectivity index (χ0n) is 9.13. The van der Waals surface area contributed by atoms with Gasteiger partial charge < -0.3 is 0 Å². The van der Waals surface area contributed by atoms with Gasteiger partial charge in [0.25, 0.3) is 0 Å². The molecule has 0 fully saturated rings. The molecular weight excluding hydrogens is 236 g/mol. The molecule has 0 amide bonds. The molecule has 0 radical (unpaired) electrons. The summed E-state index contributed by atoms with van der Waals surface area (Å²) in [4.78, 5) is 12.6. The van der Waals surface area contributed by atoms with Crippen molar-refractivity contribution in [3.05, 3.63) is 47.6 Å². The Labute approximate surface area is 103 Å². The Morgan fingerprint density at radius 1 is 1.18 bits per heavy atom. The van der Waals surface area contributed by atoms with Gasteiger partial charge in [0.2, 0.25) is 5.28 Å². The van der Waals surface area contributed by atoms with Gasteiger partial charge in [-0.3, -0.25) is 4.40 Å². The summed E-state index contributed by atoms with van der Waals surface area (Å²) in [5.74, 6) is 0.780. The SMILES string of the molecule is Cc1nc(-c2ccnc(Cl)n2)n2ccccc12. The lowest BCUT2D eigenvalue weighted by atomic mass is 10.3. The molecule has 0 aliphatic rings. The fourth-order valence-corrected chi connectivity index (χ4v) is 1.98. The van der Waals surface area contributed by atoms with Gasteiger partial charge in [0.1, 0.15) is 5.69 Å². The van der Waals surface area contributed by atoms with Gasteiger partial charge in [0.05, 0.1) is 11.2 Å². The highest BCUT2D eigenvalue weighted by atomic mass is 35.5. The molecule has 0 unspecified atom stereocenters. The Balaban J connectivity index is 2.31. The number of hydrogen-bond acceptors (Lipinski definition) is 3. The van der Waals surface area contributed by atoms with Crippen molar-refractivity contribution in [1.82, 2.24) is 19.4 Å². The first kappa shape index (κ1) is 10.2. The van der Waals surface area contributed by atoms with E-state index in [4.69, 9.17) is 11.6 Å². The van der Waals surface area contributed by atoms with Gasteiger partial charge in [-0.25, -0.2) is 15.0 Å². The maximum Gasteiger partial charge on any atom is 0.222 e. The monoisotopic (exact) mass is 244 g/mol. The van der Waals surface area contributed by atoms with Crippen LogP contribution in [0.25, 0.3) is 17.0 Å². The lowest BCUT2D eigenvalue weighted by Crippen LogP contribution is -1.92. The number of fused-ring (bicyclic) bond motifs is 1. The number of rotatable bonds is 1. The van der Waals surface area contributed by atoms with E-state index in [0.29, 0.717) is 0 Å². The highest BCUT2D eigenvalue weighted by Gasteiger charge is 2.10. The zero-order chi connectivity index (χ0) is 11.8. The van der Waals surface area contributed by atoms with Gasteiger partial charge >= 0.3 is 0 Å². The van der Waals surface area contributed by atoms with Crippen molar-refractivity contribution in [3.63, 3.8) is 0 Å². The van der Waals surface area contributed by atoms with Gasteiger partial charge in [0, 0.05) is 12.4 Å². The predicted molar refractivity (Wildman–Crippen MR) is 66.0 cm³/mol. The zero-order valence-corrected chi connectivity index (χ0v) is 9.89. The Bertz CT molecular complexity index is 690. The van der Waals surface area contributed by atoms with Gasteiger partial charge in [-0.05, 0) is 36.7 Å². The highest BCUT2D eigenvalue weighted by molar-refractivity contribution is 6.28. The number of halogens is 1. The van der Waals surface area contributed by atoms with Crippen LogP contribution < -0.4 is 0 Å². The summed E-state index contributed by atoms with van der Waals surface area (Å²) >= 11 is 5.79. The molecule has 0 saturated carbocycles. The normalized spacial score (nSPS) is 10.9. The molecule has 17 heavy (non-hydrogen) atoms. The summed E-state index contributed by atoms with van der Waals surface area (Å²) in [6, 6.07) is 7.77. The summed E-state index contributed by atoms with van der Waals surface area (Å²) in [6.07, 6.45) is 3.59. The van der Waals surface area contributed by atoms with Crippen LogP contribution in [0.15, 0.2) is 36.7 Å². The Kier molecular flexibility index (Phi) is 2.30. The molecule has 0 N–H and O–H groups in total. The van der Waals surface area contributed by atoms with Crippen LogP contribution in [-0.4, -0.2) is 19.4 Å². The van der Waals surface area contributed by atoms with Crippen molar-refractivity contribution in [2.24, 2.45) is 0 Å². The Hall–Kier alpha value is -1.94. The van der Waals surface area contributed by atoms with Gasteiger partial charge in [-0.1, -0.05) is 6.07 Å². The minimum atomic E-state index is 0.229. The number of pyridine rings is 1. The first-order valence-corrected chi connectivity index (χ1v) is 5.56. The fraction of sp³-hybridized carbons (Fsp3) is 0.0833. The molecule has 0 atom stereocenters. The molecule has 3 rings (SSSR count). The fourth-order valence-electron chi connectivity index (χ4n) is 1.83. The molecule has 0 saturated heterocycles. The number of hydrogen-bond donors (Lipinski definition) is 0. The van der Waals surface area contributed by atoms with Crippen LogP contribution in [0.3, 0.4) is 0 Å². The van der Waals surface area contributed by atoms with Gasteiger partial charge in [-0.15, -0.1) is 0 Å². The first-order valence-electron chi connectivity index (χ1n) is 5.18. The standard InChI is InChI=1S/C12H9ClN4/c1-8-10-4-2-3-7-17(10)11(15-8)9-5-6-14-12(13)16-9/h2-7H,1H3. The molecule has 3 heterocycles. The summed E-state index contributed by atoms with van der Waals surface area (Å²) < 4.78 is 1.99. The van der Waals surface area contributed by atoms with Gasteiger partial charge in [-0.2, -0.15) is 0 Å². The number of aryl methyl sites for hydroxylation is 1. The maximum atomic E-state index is 5.79. The summed E-state index contributed by atoms with van der Waals surface area (Å²) in [7, 11) is 0. The van der Waals surface area contributed by atoms with E-state index in [2.05, 4.69) is 15.0 Å². The first-order chi connectivity index (χ1) is 8.25. The molecule has 3 aromatic heterocycles. The average molecular weight is 245 g/mol. The minimum Gasteiger partial charge on any atom is -0.298 e. The van der Waals surface area contributed by atoms with E-state index in [9.17, 15) is 0 Å². The second-order valence-electron chi connectivity index (χ2n) is 3.69. The van der Waals surface area contributed by atoms with Crippen molar-refractivity contribution in [1.29, 1.82) is 0 Å². The van der Waals surface area contributed by atoms with Crippen molar-refractivity contribution < 1.29 is 0 Å². The van der Waals surface area contributed by atoms with E-state index in [1.54, 1.807) is 12.3 Å². The third kappa shape index (κ3) is 1.66. The second-order valence-corrected chi connectivity index (χ2v) is 4.03. The van der Waals surface area contributed by atoms with Crippen LogP contribution in [0.5, 0.6) is 0 Å². The van der Waals surface area contributed by atoms with Crippen LogP contribution in [0.1, 0.15) is 5.69 Å². The quantitative estimate of drug-likeness (QED) is 0.618. The molecule has 3 aromatic rings. The number of imidazole rings is 1. The molecule has 0 aliphatic carbocycles. The Morgan fingerprint density at radius 2 is 2.06 bits per heavy atom. The molecular formula is C12H9ClN4. The lowest BCUT2D eigenvalue weighted by molar-refractivity contribution is 1.09. The van der Waals surface area contributed by atoms with Crippen LogP contribution in [0, 0.1) is 6.92 Å². The van der Waals surface area contributed by atoms with Crippen molar-refractivity contribution in [3.8, 4) is 11.5 Å². The van der Waals surface area contributed by atoms with Gasteiger partial charge in [0.15, 0.2) is 5.82 Å². The molecule has 5 heteroatoms. The molecule has 0 spiro atoms. The van der Waals surface area contributed by atoms with Crippen LogP contribution >= 0.6 is 11.6 Å². The molecule has 4 nitrogen and oxygen atoms in total. The van der Waals surface area contributed by atoms with E-state index in [1.807, 2.05) is 35.7 Å². The lowest BCUT2D eigenvalue weighted by Gasteiger charge is -1.99. The van der Waals surface area contributed by atoms with E-state index in [0.717, 1.165) is 22.7 Å². The van der Waals surface area contributed by atoms with Crippen LogP contribution in [0.4, 0.5) is 0 Å². The maximum absolute atomic E-state index is 5.79. The number of nitrogens with zero attached hydrogens (tertiary/aromatic N) is 4. The van der Waals surface area contributed by atoms with Crippen molar-refractivity contribution in [2.75, 3.05) is 0 Å². The Morgan fingerprint density at radius 3 is 2.88 bits per heavy atom. The summed E-state index contributed by atoms with van der Waals surface area (Å²) in [5, 5.41) is 0.229. The minimum absolute atomic E-state index is 0.229. The van der Waals surface area contributed by atoms with E-state index >= 15 is 0 Å². The smallest absolute Gasteiger partial charge is 0.222 e. The largest absolute Gasteiger partial charge is 0.298 e. The average Bonchev–Trinajstić information content (AvgIpc) is 2.68. The highest BCUT2D eigenvalue weighted by Crippen LogP contribution is 2.20. The predicted octanol–water partition coefficient (Wildman–Crippen LogP) is 2.75. The topological polar surface area (TPSA) is 43.1 Å². The number of aromatic nitrogens is 4. The van der Waals surface area contributed by atoms with E-state index in [1.165, 1.54) is 0 Å². The molecule has 0 aromatic carbocycles.